The van der Waals surface area contributed by atoms with Crippen molar-refractivity contribution < 1.29 is 19.1 Å². The standard InChI is InChI=1S/C24H28N2O4/c1-15-4-3-5-17(12-15)23-18-9-11-30-24(18)19-13-16(6-7-20(19)26-23)14-21(27)25-10-8-22(28)29-2/h3-7,12-13,18,23-24,26H,8-11,14H2,1-2H3,(H,25,27)/t18-,23-,24-/m1/s1. The summed E-state index contributed by atoms with van der Waals surface area (Å²) in [5.74, 6) is -0.0738. The third-order valence-electron chi connectivity index (χ3n) is 5.94. The first-order valence-electron chi connectivity index (χ1n) is 10.5. The van der Waals surface area contributed by atoms with Gasteiger partial charge in [0.05, 0.1) is 32.1 Å². The average Bonchev–Trinajstić information content (AvgIpc) is 3.23. The number of anilines is 1. The second kappa shape index (κ2) is 8.88. The van der Waals surface area contributed by atoms with E-state index in [9.17, 15) is 9.59 Å². The first-order chi connectivity index (χ1) is 14.5. The molecule has 0 unspecified atom stereocenters. The maximum absolute atomic E-state index is 12.2. The molecule has 4 rings (SSSR count). The van der Waals surface area contributed by atoms with Gasteiger partial charge in [-0.3, -0.25) is 9.59 Å². The highest BCUT2D eigenvalue weighted by Gasteiger charge is 2.41. The molecule has 2 N–H and O–H groups in total. The Balaban J connectivity index is 1.49. The summed E-state index contributed by atoms with van der Waals surface area (Å²) in [5, 5.41) is 6.48. The van der Waals surface area contributed by atoms with Crippen LogP contribution in [0.5, 0.6) is 0 Å². The molecule has 0 saturated carbocycles. The van der Waals surface area contributed by atoms with Gasteiger partial charge in [0, 0.05) is 30.3 Å². The Morgan fingerprint density at radius 1 is 1.23 bits per heavy atom. The van der Waals surface area contributed by atoms with Crippen LogP contribution in [0.2, 0.25) is 0 Å². The molecule has 1 saturated heterocycles. The van der Waals surface area contributed by atoms with E-state index in [4.69, 9.17) is 4.74 Å². The quantitative estimate of drug-likeness (QED) is 0.716. The highest BCUT2D eigenvalue weighted by atomic mass is 16.5. The van der Waals surface area contributed by atoms with E-state index in [1.165, 1.54) is 18.2 Å². The lowest BCUT2D eigenvalue weighted by Gasteiger charge is -2.37. The summed E-state index contributed by atoms with van der Waals surface area (Å²) in [4.78, 5) is 23.4. The molecular weight excluding hydrogens is 380 g/mol. The number of benzene rings is 2. The van der Waals surface area contributed by atoms with Gasteiger partial charge in [0.15, 0.2) is 0 Å². The molecule has 6 heteroatoms. The highest BCUT2D eigenvalue weighted by molar-refractivity contribution is 5.79. The van der Waals surface area contributed by atoms with Crippen LogP contribution >= 0.6 is 0 Å². The van der Waals surface area contributed by atoms with Crippen molar-refractivity contribution >= 4 is 17.6 Å². The molecule has 6 nitrogen and oxygen atoms in total. The zero-order valence-electron chi connectivity index (χ0n) is 17.4. The van der Waals surface area contributed by atoms with Crippen LogP contribution in [0.15, 0.2) is 42.5 Å². The van der Waals surface area contributed by atoms with E-state index in [2.05, 4.69) is 52.6 Å². The van der Waals surface area contributed by atoms with Crippen molar-refractivity contribution in [3.05, 3.63) is 64.7 Å². The lowest BCUT2D eigenvalue weighted by atomic mass is 9.80. The number of rotatable bonds is 6. The number of methoxy groups -OCH3 is 1. The summed E-state index contributed by atoms with van der Waals surface area (Å²) >= 11 is 0. The van der Waals surface area contributed by atoms with Gasteiger partial charge in [-0.25, -0.2) is 0 Å². The fourth-order valence-corrected chi connectivity index (χ4v) is 4.48. The lowest BCUT2D eigenvalue weighted by molar-refractivity contribution is -0.140. The molecule has 0 radical (unpaired) electrons. The fraction of sp³-hybridized carbons (Fsp3) is 0.417. The third kappa shape index (κ3) is 4.33. The maximum Gasteiger partial charge on any atom is 0.307 e. The second-order valence-electron chi connectivity index (χ2n) is 8.05. The molecule has 0 bridgehead atoms. The van der Waals surface area contributed by atoms with E-state index in [0.29, 0.717) is 5.92 Å². The Morgan fingerprint density at radius 3 is 2.90 bits per heavy atom. The highest BCUT2D eigenvalue weighted by Crippen LogP contribution is 2.50. The van der Waals surface area contributed by atoms with Gasteiger partial charge in [-0.15, -0.1) is 0 Å². The third-order valence-corrected chi connectivity index (χ3v) is 5.94. The number of hydrogen-bond donors (Lipinski definition) is 2. The number of nitrogens with one attached hydrogen (secondary N) is 2. The monoisotopic (exact) mass is 408 g/mol. The van der Waals surface area contributed by atoms with Crippen molar-refractivity contribution in [1.29, 1.82) is 0 Å². The molecule has 1 amide bonds. The molecule has 0 spiro atoms. The van der Waals surface area contributed by atoms with E-state index >= 15 is 0 Å². The number of carbonyl (C=O) groups excluding carboxylic acids is 2. The van der Waals surface area contributed by atoms with E-state index in [-0.39, 0.29) is 43.4 Å². The van der Waals surface area contributed by atoms with E-state index in [0.717, 1.165) is 29.8 Å². The molecule has 0 aromatic heterocycles. The smallest absolute Gasteiger partial charge is 0.307 e. The minimum Gasteiger partial charge on any atom is -0.469 e. The van der Waals surface area contributed by atoms with Crippen molar-refractivity contribution in [3.63, 3.8) is 0 Å². The van der Waals surface area contributed by atoms with Gasteiger partial charge in [0.1, 0.15) is 0 Å². The van der Waals surface area contributed by atoms with Crippen molar-refractivity contribution in [1.82, 2.24) is 5.32 Å². The maximum atomic E-state index is 12.2. The molecular formula is C24H28N2O4. The zero-order chi connectivity index (χ0) is 21.1. The van der Waals surface area contributed by atoms with Gasteiger partial charge in [-0.1, -0.05) is 42.0 Å². The molecule has 2 aliphatic heterocycles. The summed E-state index contributed by atoms with van der Waals surface area (Å²) in [6.45, 7) is 3.15. The summed E-state index contributed by atoms with van der Waals surface area (Å²) in [5.41, 5.74) is 5.68. The van der Waals surface area contributed by atoms with E-state index < -0.39 is 0 Å². The zero-order valence-corrected chi connectivity index (χ0v) is 17.4. The predicted molar refractivity (Wildman–Crippen MR) is 114 cm³/mol. The Morgan fingerprint density at radius 2 is 2.10 bits per heavy atom. The van der Waals surface area contributed by atoms with Gasteiger partial charge < -0.3 is 20.1 Å². The molecule has 158 valence electrons. The number of carbonyl (C=O) groups is 2. The van der Waals surface area contributed by atoms with E-state index in [1.807, 2.05) is 12.1 Å². The molecule has 2 heterocycles. The Hall–Kier alpha value is -2.86. The SMILES string of the molecule is COC(=O)CCNC(=O)Cc1ccc2c(c1)[C@@H]1OCC[C@@H]1[C@@H](c1cccc(C)c1)N2. The molecule has 2 aliphatic rings. The van der Waals surface area contributed by atoms with Gasteiger partial charge in [-0.2, -0.15) is 0 Å². The molecule has 1 fully saturated rings. The molecule has 2 aromatic rings. The predicted octanol–water partition coefficient (Wildman–Crippen LogP) is 3.46. The number of amides is 1. The van der Waals surface area contributed by atoms with Crippen molar-refractivity contribution in [3.8, 4) is 0 Å². The van der Waals surface area contributed by atoms with E-state index in [1.54, 1.807) is 0 Å². The van der Waals surface area contributed by atoms with Crippen LogP contribution in [0.3, 0.4) is 0 Å². The number of ether oxygens (including phenoxy) is 2. The van der Waals surface area contributed by atoms with Crippen molar-refractivity contribution in [2.24, 2.45) is 5.92 Å². The van der Waals surface area contributed by atoms with Crippen LogP contribution < -0.4 is 10.6 Å². The van der Waals surface area contributed by atoms with Gasteiger partial charge >= 0.3 is 5.97 Å². The minimum absolute atomic E-state index is 0.0362. The number of hydrogen-bond acceptors (Lipinski definition) is 5. The van der Waals surface area contributed by atoms with Crippen LogP contribution in [-0.4, -0.2) is 32.1 Å². The Labute approximate surface area is 177 Å². The summed E-state index contributed by atoms with van der Waals surface area (Å²) < 4.78 is 10.7. The number of aryl methyl sites for hydroxylation is 1. The van der Waals surface area contributed by atoms with Gasteiger partial charge in [0.2, 0.25) is 5.91 Å². The first-order valence-corrected chi connectivity index (χ1v) is 10.5. The average molecular weight is 408 g/mol. The van der Waals surface area contributed by atoms with Gasteiger partial charge in [-0.05, 0) is 30.5 Å². The molecule has 0 aliphatic carbocycles. The summed E-state index contributed by atoms with van der Waals surface area (Å²) in [6, 6.07) is 15.0. The summed E-state index contributed by atoms with van der Waals surface area (Å²) in [6.07, 6.45) is 1.49. The Bertz CT molecular complexity index is 943. The fourth-order valence-electron chi connectivity index (χ4n) is 4.48. The normalized spacial score (nSPS) is 21.9. The topological polar surface area (TPSA) is 76.7 Å². The number of fused-ring (bicyclic) bond motifs is 3. The summed E-state index contributed by atoms with van der Waals surface area (Å²) in [7, 11) is 1.34. The van der Waals surface area contributed by atoms with Crippen LogP contribution in [-0.2, 0) is 25.5 Å². The van der Waals surface area contributed by atoms with Gasteiger partial charge in [0.25, 0.3) is 0 Å². The minimum atomic E-state index is -0.331. The molecule has 2 aromatic carbocycles. The Kier molecular flexibility index (Phi) is 6.04. The van der Waals surface area contributed by atoms with Crippen LogP contribution in [0.1, 0.15) is 47.2 Å². The lowest BCUT2D eigenvalue weighted by Crippen LogP contribution is -2.30. The van der Waals surface area contributed by atoms with Crippen LogP contribution in [0.4, 0.5) is 5.69 Å². The van der Waals surface area contributed by atoms with Crippen molar-refractivity contribution in [2.45, 2.75) is 38.3 Å². The largest absolute Gasteiger partial charge is 0.469 e. The van der Waals surface area contributed by atoms with Crippen LogP contribution in [0.25, 0.3) is 0 Å². The molecule has 3 atom stereocenters. The molecule has 30 heavy (non-hydrogen) atoms. The van der Waals surface area contributed by atoms with Crippen LogP contribution in [0, 0.1) is 12.8 Å². The van der Waals surface area contributed by atoms with Crippen molar-refractivity contribution in [2.75, 3.05) is 25.6 Å². The number of esters is 1. The first kappa shape index (κ1) is 20.4. The second-order valence-corrected chi connectivity index (χ2v) is 8.05.